The fourth-order valence-corrected chi connectivity index (χ4v) is 3.56. The number of aromatic nitrogens is 2. The molecule has 150 valence electrons. The number of fused-ring (bicyclic) bond motifs is 1. The molecule has 4 rings (SSSR count). The third kappa shape index (κ3) is 4.00. The predicted molar refractivity (Wildman–Crippen MR) is 109 cm³/mol. The highest BCUT2D eigenvalue weighted by molar-refractivity contribution is 5.99. The topological polar surface area (TPSA) is 87.3 Å². The maximum atomic E-state index is 13.0. The van der Waals surface area contributed by atoms with Crippen LogP contribution in [0.2, 0.25) is 0 Å². The van der Waals surface area contributed by atoms with Crippen LogP contribution in [0, 0.1) is 13.8 Å². The number of aryl methyl sites for hydroxylation is 2. The van der Waals surface area contributed by atoms with Gasteiger partial charge in [0.25, 0.3) is 11.8 Å². The Kier molecular flexibility index (Phi) is 5.31. The zero-order valence-corrected chi connectivity index (χ0v) is 16.6. The van der Waals surface area contributed by atoms with E-state index in [0.717, 1.165) is 27.7 Å². The molecule has 1 atom stereocenters. The molecule has 2 amide bonds. The van der Waals surface area contributed by atoms with Crippen LogP contribution in [0.4, 0.5) is 0 Å². The second kappa shape index (κ2) is 8.05. The number of H-pyrrole nitrogens is 1. The molecule has 0 saturated carbocycles. The number of pyridine rings is 1. The molecule has 1 unspecified atom stereocenters. The SMILES string of the molecule is Cc1cccnc1CNC(=O)C1CN(C(=O)c2ccc3[nH]cc(C)c3c2)CCO1. The Hall–Kier alpha value is -3.19. The molecule has 7 heteroatoms. The predicted octanol–water partition coefficient (Wildman–Crippen LogP) is 2.34. The number of nitrogens with zero attached hydrogens (tertiary/aromatic N) is 2. The molecule has 1 aromatic carbocycles. The third-order valence-corrected chi connectivity index (χ3v) is 5.33. The standard InChI is InChI=1S/C22H24N4O3/c1-14-4-3-7-23-19(14)12-25-21(27)20-13-26(8-9-29-20)22(28)16-5-6-18-17(10-16)15(2)11-24-18/h3-7,10-11,20,24H,8-9,12-13H2,1-2H3,(H,25,27). The number of ether oxygens (including phenoxy) is 1. The second-order valence-corrected chi connectivity index (χ2v) is 7.33. The quantitative estimate of drug-likeness (QED) is 0.713. The molecule has 3 heterocycles. The Bertz CT molecular complexity index is 1060. The lowest BCUT2D eigenvalue weighted by Crippen LogP contribution is -2.51. The van der Waals surface area contributed by atoms with E-state index in [9.17, 15) is 9.59 Å². The number of hydrogen-bond donors (Lipinski definition) is 2. The minimum atomic E-state index is -0.686. The fourth-order valence-electron chi connectivity index (χ4n) is 3.56. The largest absolute Gasteiger partial charge is 0.365 e. The zero-order valence-electron chi connectivity index (χ0n) is 16.6. The van der Waals surface area contributed by atoms with Crippen molar-refractivity contribution in [3.8, 4) is 0 Å². The van der Waals surface area contributed by atoms with Gasteiger partial charge in [0.15, 0.2) is 6.10 Å². The van der Waals surface area contributed by atoms with E-state index in [4.69, 9.17) is 4.74 Å². The molecule has 1 saturated heterocycles. The van der Waals surface area contributed by atoms with Crippen LogP contribution in [0.5, 0.6) is 0 Å². The lowest BCUT2D eigenvalue weighted by Gasteiger charge is -2.32. The highest BCUT2D eigenvalue weighted by Crippen LogP contribution is 2.20. The van der Waals surface area contributed by atoms with Gasteiger partial charge in [-0.2, -0.15) is 0 Å². The van der Waals surface area contributed by atoms with Crippen LogP contribution in [0.3, 0.4) is 0 Å². The van der Waals surface area contributed by atoms with Crippen molar-refractivity contribution in [1.82, 2.24) is 20.2 Å². The molecule has 7 nitrogen and oxygen atoms in total. The Balaban J connectivity index is 1.41. The number of benzene rings is 1. The van der Waals surface area contributed by atoms with Gasteiger partial charge in [-0.15, -0.1) is 0 Å². The monoisotopic (exact) mass is 392 g/mol. The summed E-state index contributed by atoms with van der Waals surface area (Å²) in [6.07, 6.45) is 2.95. The number of morpholine rings is 1. The molecule has 2 aromatic heterocycles. The summed E-state index contributed by atoms with van der Waals surface area (Å²) < 4.78 is 5.62. The number of hydrogen-bond acceptors (Lipinski definition) is 4. The highest BCUT2D eigenvalue weighted by atomic mass is 16.5. The Morgan fingerprint density at radius 1 is 1.28 bits per heavy atom. The van der Waals surface area contributed by atoms with E-state index in [1.165, 1.54) is 0 Å². The lowest BCUT2D eigenvalue weighted by molar-refractivity contribution is -0.137. The average Bonchev–Trinajstić information content (AvgIpc) is 3.12. The first-order valence-electron chi connectivity index (χ1n) is 9.70. The van der Waals surface area contributed by atoms with Gasteiger partial charge in [0.05, 0.1) is 25.4 Å². The van der Waals surface area contributed by atoms with Gasteiger partial charge in [-0.25, -0.2) is 0 Å². The number of carbonyl (C=O) groups excluding carboxylic acids is 2. The average molecular weight is 392 g/mol. The van der Waals surface area contributed by atoms with Gasteiger partial charge in [0.2, 0.25) is 0 Å². The third-order valence-electron chi connectivity index (χ3n) is 5.33. The van der Waals surface area contributed by atoms with E-state index in [0.29, 0.717) is 25.3 Å². The number of rotatable bonds is 4. The van der Waals surface area contributed by atoms with Crippen molar-refractivity contribution < 1.29 is 14.3 Å². The van der Waals surface area contributed by atoms with E-state index in [1.807, 2.05) is 50.4 Å². The Morgan fingerprint density at radius 2 is 2.14 bits per heavy atom. The number of carbonyl (C=O) groups is 2. The molecular formula is C22H24N4O3. The van der Waals surface area contributed by atoms with Crippen LogP contribution >= 0.6 is 0 Å². The van der Waals surface area contributed by atoms with Crippen LogP contribution in [0.1, 0.15) is 27.2 Å². The van der Waals surface area contributed by atoms with Crippen molar-refractivity contribution >= 4 is 22.7 Å². The molecule has 29 heavy (non-hydrogen) atoms. The molecule has 3 aromatic rings. The summed E-state index contributed by atoms with van der Waals surface area (Å²) in [6, 6.07) is 9.44. The molecular weight excluding hydrogens is 368 g/mol. The first-order chi connectivity index (χ1) is 14.0. The normalized spacial score (nSPS) is 16.8. The Morgan fingerprint density at radius 3 is 2.97 bits per heavy atom. The summed E-state index contributed by atoms with van der Waals surface area (Å²) >= 11 is 0. The minimum Gasteiger partial charge on any atom is -0.365 e. The van der Waals surface area contributed by atoms with E-state index in [-0.39, 0.29) is 18.4 Å². The number of amides is 2. The first kappa shape index (κ1) is 19.1. The summed E-state index contributed by atoms with van der Waals surface area (Å²) in [5.41, 5.74) is 4.55. The van der Waals surface area contributed by atoms with Crippen LogP contribution in [-0.4, -0.2) is 52.5 Å². The van der Waals surface area contributed by atoms with Crippen molar-refractivity contribution in [2.75, 3.05) is 19.7 Å². The summed E-state index contributed by atoms with van der Waals surface area (Å²) in [4.78, 5) is 34.7. The van der Waals surface area contributed by atoms with Gasteiger partial charge in [-0.1, -0.05) is 6.07 Å². The molecule has 1 fully saturated rings. The summed E-state index contributed by atoms with van der Waals surface area (Å²) in [5.74, 6) is -0.321. The van der Waals surface area contributed by atoms with Crippen molar-refractivity contribution in [2.45, 2.75) is 26.5 Å². The number of nitrogens with one attached hydrogen (secondary N) is 2. The van der Waals surface area contributed by atoms with Crippen molar-refractivity contribution in [1.29, 1.82) is 0 Å². The van der Waals surface area contributed by atoms with E-state index < -0.39 is 6.10 Å². The van der Waals surface area contributed by atoms with Crippen LogP contribution < -0.4 is 5.32 Å². The van der Waals surface area contributed by atoms with Crippen molar-refractivity contribution in [3.63, 3.8) is 0 Å². The van der Waals surface area contributed by atoms with Gasteiger partial charge in [0, 0.05) is 35.4 Å². The van der Waals surface area contributed by atoms with E-state index in [2.05, 4.69) is 15.3 Å². The number of aromatic amines is 1. The lowest BCUT2D eigenvalue weighted by atomic mass is 10.1. The zero-order chi connectivity index (χ0) is 20.4. The van der Waals surface area contributed by atoms with Gasteiger partial charge in [-0.3, -0.25) is 14.6 Å². The van der Waals surface area contributed by atoms with Gasteiger partial charge < -0.3 is 19.9 Å². The summed E-state index contributed by atoms with van der Waals surface area (Å²) in [5, 5.41) is 3.90. The molecule has 1 aliphatic heterocycles. The smallest absolute Gasteiger partial charge is 0.254 e. The van der Waals surface area contributed by atoms with Crippen molar-refractivity contribution in [3.05, 3.63) is 65.1 Å². The second-order valence-electron chi connectivity index (χ2n) is 7.33. The molecule has 0 spiro atoms. The molecule has 0 bridgehead atoms. The maximum Gasteiger partial charge on any atom is 0.254 e. The van der Waals surface area contributed by atoms with Crippen LogP contribution in [-0.2, 0) is 16.1 Å². The first-order valence-corrected chi connectivity index (χ1v) is 9.70. The summed E-state index contributed by atoms with van der Waals surface area (Å²) in [7, 11) is 0. The minimum absolute atomic E-state index is 0.0887. The molecule has 0 aliphatic carbocycles. The van der Waals surface area contributed by atoms with Crippen LogP contribution in [0.15, 0.2) is 42.7 Å². The van der Waals surface area contributed by atoms with Gasteiger partial charge in [-0.05, 0) is 49.2 Å². The van der Waals surface area contributed by atoms with E-state index in [1.54, 1.807) is 11.1 Å². The molecule has 0 radical (unpaired) electrons. The van der Waals surface area contributed by atoms with Crippen molar-refractivity contribution in [2.24, 2.45) is 0 Å². The molecule has 2 N–H and O–H groups in total. The van der Waals surface area contributed by atoms with Gasteiger partial charge >= 0.3 is 0 Å². The van der Waals surface area contributed by atoms with Crippen LogP contribution in [0.25, 0.3) is 10.9 Å². The Labute approximate surface area is 169 Å². The summed E-state index contributed by atoms with van der Waals surface area (Å²) in [6.45, 7) is 5.32. The maximum absolute atomic E-state index is 13.0. The van der Waals surface area contributed by atoms with E-state index >= 15 is 0 Å². The van der Waals surface area contributed by atoms with Gasteiger partial charge in [0.1, 0.15) is 0 Å². The molecule has 1 aliphatic rings. The fraction of sp³-hybridized carbons (Fsp3) is 0.318. The highest BCUT2D eigenvalue weighted by Gasteiger charge is 2.30.